The van der Waals surface area contributed by atoms with Crippen LogP contribution in [0.5, 0.6) is 5.75 Å². The number of hydrogen-bond acceptors (Lipinski definition) is 5. The summed E-state index contributed by atoms with van der Waals surface area (Å²) >= 11 is 1.13. The van der Waals surface area contributed by atoms with Crippen LogP contribution in [-0.2, 0) is 4.79 Å². The van der Waals surface area contributed by atoms with Gasteiger partial charge in [0, 0.05) is 12.7 Å². The molecule has 0 spiro atoms. The quantitative estimate of drug-likeness (QED) is 0.760. The van der Waals surface area contributed by atoms with Crippen molar-refractivity contribution in [3.63, 3.8) is 0 Å². The molecule has 2 unspecified atom stereocenters. The minimum Gasteiger partial charge on any atom is -0.508 e. The van der Waals surface area contributed by atoms with Gasteiger partial charge < -0.3 is 15.3 Å². The predicted molar refractivity (Wildman–Crippen MR) is 71.6 cm³/mol. The van der Waals surface area contributed by atoms with Crippen LogP contribution >= 0.6 is 11.8 Å². The van der Waals surface area contributed by atoms with Crippen LogP contribution in [0.4, 0.5) is 0 Å². The lowest BCUT2D eigenvalue weighted by atomic mass is 10.0. The van der Waals surface area contributed by atoms with E-state index in [9.17, 15) is 20.1 Å². The van der Waals surface area contributed by atoms with Gasteiger partial charge in [-0.2, -0.15) is 0 Å². The van der Waals surface area contributed by atoms with Crippen molar-refractivity contribution in [2.24, 2.45) is 0 Å². The second-order valence-electron chi connectivity index (χ2n) is 4.19. The molecule has 0 heterocycles. The van der Waals surface area contributed by atoms with Crippen molar-refractivity contribution in [3.8, 4) is 5.75 Å². The van der Waals surface area contributed by atoms with Gasteiger partial charge in [-0.15, -0.1) is 0 Å². The molecule has 18 heavy (non-hydrogen) atoms. The van der Waals surface area contributed by atoms with E-state index < -0.39 is 12.2 Å². The Hall–Kier alpha value is -1.04. The molecule has 1 rings (SSSR count). The Bertz CT molecular complexity index is 419. The first kappa shape index (κ1) is 15.0. The molecule has 5 heteroatoms. The Morgan fingerprint density at radius 1 is 1.39 bits per heavy atom. The Morgan fingerprint density at radius 3 is 2.61 bits per heavy atom. The molecule has 1 aromatic carbocycles. The molecular formula is C13H18O4S. The SMILES string of the molecule is CC(=O)SCCC(O)C(O)c1ccc(O)c(C)c1. The fraction of sp³-hybridized carbons (Fsp3) is 0.462. The number of phenolic OH excluding ortho intramolecular Hbond substituents is 1. The number of rotatable bonds is 5. The molecule has 0 aliphatic rings. The number of carbonyl (C=O) groups is 1. The number of hydrogen-bond donors (Lipinski definition) is 3. The maximum Gasteiger partial charge on any atom is 0.185 e. The lowest BCUT2D eigenvalue weighted by Crippen LogP contribution is -2.19. The zero-order chi connectivity index (χ0) is 13.7. The number of phenols is 1. The molecule has 0 aliphatic carbocycles. The fourth-order valence-electron chi connectivity index (χ4n) is 1.57. The standard InChI is InChI=1S/C13H18O4S/c1-8-7-10(3-4-11(8)15)13(17)12(16)5-6-18-9(2)14/h3-4,7,12-13,15-17H,5-6H2,1-2H3. The van der Waals surface area contributed by atoms with Crippen LogP contribution in [0.1, 0.15) is 30.6 Å². The molecule has 3 N–H and O–H groups in total. The molecule has 2 atom stereocenters. The highest BCUT2D eigenvalue weighted by Gasteiger charge is 2.18. The molecule has 0 aliphatic heterocycles. The van der Waals surface area contributed by atoms with Gasteiger partial charge in [0.2, 0.25) is 0 Å². The zero-order valence-corrected chi connectivity index (χ0v) is 11.3. The van der Waals surface area contributed by atoms with Crippen molar-refractivity contribution in [2.75, 3.05) is 5.75 Å². The molecule has 0 radical (unpaired) electrons. The van der Waals surface area contributed by atoms with E-state index >= 15 is 0 Å². The van der Waals surface area contributed by atoms with Gasteiger partial charge in [-0.1, -0.05) is 17.8 Å². The van der Waals surface area contributed by atoms with Crippen molar-refractivity contribution < 1.29 is 20.1 Å². The molecular weight excluding hydrogens is 252 g/mol. The maximum atomic E-state index is 10.7. The molecule has 0 saturated heterocycles. The van der Waals surface area contributed by atoms with E-state index in [0.717, 1.165) is 11.8 Å². The van der Waals surface area contributed by atoms with Gasteiger partial charge >= 0.3 is 0 Å². The summed E-state index contributed by atoms with van der Waals surface area (Å²) in [4.78, 5) is 10.7. The number of benzene rings is 1. The summed E-state index contributed by atoms with van der Waals surface area (Å²) in [5.74, 6) is 0.637. The minimum atomic E-state index is -1.00. The third-order valence-electron chi connectivity index (χ3n) is 2.65. The van der Waals surface area contributed by atoms with Gasteiger partial charge in [-0.3, -0.25) is 4.79 Å². The number of aliphatic hydroxyl groups excluding tert-OH is 2. The van der Waals surface area contributed by atoms with Crippen LogP contribution in [0.15, 0.2) is 18.2 Å². The van der Waals surface area contributed by atoms with E-state index in [-0.39, 0.29) is 10.9 Å². The van der Waals surface area contributed by atoms with Gasteiger partial charge in [-0.05, 0) is 36.6 Å². The normalized spacial score (nSPS) is 14.2. The fourth-order valence-corrected chi connectivity index (χ4v) is 2.21. The van der Waals surface area contributed by atoms with Gasteiger partial charge in [-0.25, -0.2) is 0 Å². The second-order valence-corrected chi connectivity index (χ2v) is 5.46. The smallest absolute Gasteiger partial charge is 0.185 e. The average Bonchev–Trinajstić information content (AvgIpc) is 2.31. The van der Waals surface area contributed by atoms with Gasteiger partial charge in [0.05, 0.1) is 6.10 Å². The van der Waals surface area contributed by atoms with E-state index in [1.54, 1.807) is 19.1 Å². The van der Waals surface area contributed by atoms with Gasteiger partial charge in [0.15, 0.2) is 5.12 Å². The van der Waals surface area contributed by atoms with E-state index in [4.69, 9.17) is 0 Å². The molecule has 1 aromatic rings. The number of aryl methyl sites for hydroxylation is 1. The summed E-state index contributed by atoms with van der Waals surface area (Å²) in [7, 11) is 0. The molecule has 0 aromatic heterocycles. The van der Waals surface area contributed by atoms with Crippen molar-refractivity contribution in [2.45, 2.75) is 32.5 Å². The third kappa shape index (κ3) is 4.33. The van der Waals surface area contributed by atoms with E-state index in [0.29, 0.717) is 23.3 Å². The highest BCUT2D eigenvalue weighted by Crippen LogP contribution is 2.25. The largest absolute Gasteiger partial charge is 0.508 e. The van der Waals surface area contributed by atoms with E-state index in [1.165, 1.54) is 13.0 Å². The molecule has 0 amide bonds. The molecule has 4 nitrogen and oxygen atoms in total. The number of thioether (sulfide) groups is 1. The Labute approximate surface area is 111 Å². The summed E-state index contributed by atoms with van der Waals surface area (Å²) in [6.07, 6.45) is -1.58. The number of carbonyl (C=O) groups excluding carboxylic acids is 1. The van der Waals surface area contributed by atoms with Crippen molar-refractivity contribution in [3.05, 3.63) is 29.3 Å². The van der Waals surface area contributed by atoms with Gasteiger partial charge in [0.1, 0.15) is 11.9 Å². The van der Waals surface area contributed by atoms with Crippen LogP contribution in [0.3, 0.4) is 0 Å². The van der Waals surface area contributed by atoms with E-state index in [1.807, 2.05) is 0 Å². The number of aliphatic hydroxyl groups is 2. The summed E-state index contributed by atoms with van der Waals surface area (Å²) in [6, 6.07) is 4.71. The van der Waals surface area contributed by atoms with E-state index in [2.05, 4.69) is 0 Å². The number of aromatic hydroxyl groups is 1. The minimum absolute atomic E-state index is 0.00262. The van der Waals surface area contributed by atoms with Crippen LogP contribution in [0.25, 0.3) is 0 Å². The van der Waals surface area contributed by atoms with Crippen LogP contribution in [-0.4, -0.2) is 32.3 Å². The summed E-state index contributed by atoms with van der Waals surface area (Å²) in [5.41, 5.74) is 1.21. The topological polar surface area (TPSA) is 77.8 Å². The summed E-state index contributed by atoms with van der Waals surface area (Å²) in [5, 5.41) is 29.1. The monoisotopic (exact) mass is 270 g/mol. The zero-order valence-electron chi connectivity index (χ0n) is 10.5. The molecule has 100 valence electrons. The highest BCUT2D eigenvalue weighted by atomic mass is 32.2. The maximum absolute atomic E-state index is 10.7. The first-order valence-electron chi connectivity index (χ1n) is 5.71. The molecule has 0 saturated carbocycles. The van der Waals surface area contributed by atoms with Crippen molar-refractivity contribution in [1.82, 2.24) is 0 Å². The first-order chi connectivity index (χ1) is 8.41. The Balaban J connectivity index is 2.59. The van der Waals surface area contributed by atoms with Crippen LogP contribution < -0.4 is 0 Å². The molecule has 0 fully saturated rings. The Kier molecular flexibility index (Phi) is 5.65. The summed E-state index contributed by atoms with van der Waals surface area (Å²) in [6.45, 7) is 3.19. The van der Waals surface area contributed by atoms with Crippen LogP contribution in [0, 0.1) is 6.92 Å². The first-order valence-corrected chi connectivity index (χ1v) is 6.69. The second kappa shape index (κ2) is 6.78. The average molecular weight is 270 g/mol. The highest BCUT2D eigenvalue weighted by molar-refractivity contribution is 8.13. The lowest BCUT2D eigenvalue weighted by molar-refractivity contribution is -0.109. The molecule has 0 bridgehead atoms. The van der Waals surface area contributed by atoms with Crippen molar-refractivity contribution >= 4 is 16.9 Å². The van der Waals surface area contributed by atoms with Crippen molar-refractivity contribution in [1.29, 1.82) is 0 Å². The van der Waals surface area contributed by atoms with Crippen LogP contribution in [0.2, 0.25) is 0 Å². The lowest BCUT2D eigenvalue weighted by Gasteiger charge is -2.18. The van der Waals surface area contributed by atoms with Gasteiger partial charge in [0.25, 0.3) is 0 Å². The summed E-state index contributed by atoms with van der Waals surface area (Å²) < 4.78 is 0. The third-order valence-corrected chi connectivity index (χ3v) is 3.49. The Morgan fingerprint density at radius 2 is 2.06 bits per heavy atom. The predicted octanol–water partition coefficient (Wildman–Crippen LogP) is 1.76.